The van der Waals surface area contributed by atoms with Gasteiger partial charge in [0.15, 0.2) is 17.5 Å². The number of nitrogens with one attached hydrogen (secondary N) is 4. The highest BCUT2D eigenvalue weighted by Gasteiger charge is 2.25. The largest absolute Gasteiger partial charge is 0.382 e. The van der Waals surface area contributed by atoms with Crippen molar-refractivity contribution in [3.63, 3.8) is 0 Å². The molecule has 1 heterocycles. The maximum Gasteiger partial charge on any atom is 0.319 e. The normalized spacial score (nSPS) is 12.8. The molecule has 170 valence electrons. The molecule has 1 fully saturated rings. The molecule has 1 saturated carbocycles. The molecule has 0 aliphatic heterocycles. The van der Waals surface area contributed by atoms with Crippen molar-refractivity contribution in [2.75, 3.05) is 22.1 Å². The summed E-state index contributed by atoms with van der Waals surface area (Å²) < 4.78 is 28.6. The Morgan fingerprint density at radius 3 is 2.33 bits per heavy atom. The van der Waals surface area contributed by atoms with Gasteiger partial charge in [0, 0.05) is 23.7 Å². The van der Waals surface area contributed by atoms with Gasteiger partial charge in [-0.1, -0.05) is 30.3 Å². The van der Waals surface area contributed by atoms with Gasteiger partial charge in [0.1, 0.15) is 23.0 Å². The van der Waals surface area contributed by atoms with Crippen molar-refractivity contribution in [1.82, 2.24) is 15.3 Å². The topological polar surface area (TPSA) is 155 Å². The van der Waals surface area contributed by atoms with Gasteiger partial charge in [-0.2, -0.15) is 0 Å². The molecule has 0 atom stereocenters. The number of anilines is 4. The number of carbonyl (C=O) groups excluding carboxylic acids is 1. The van der Waals surface area contributed by atoms with Crippen molar-refractivity contribution >= 4 is 34.8 Å². The monoisotopic (exact) mass is 452 g/mol. The van der Waals surface area contributed by atoms with E-state index in [0.717, 1.165) is 12.8 Å². The first-order valence-electron chi connectivity index (χ1n) is 10.2. The number of urea groups is 1. The minimum absolute atomic E-state index is 0.00200. The first-order valence-corrected chi connectivity index (χ1v) is 10.2. The van der Waals surface area contributed by atoms with Crippen molar-refractivity contribution < 1.29 is 13.6 Å². The molecule has 0 radical (unpaired) electrons. The Balaban J connectivity index is 1.58. The molecule has 0 saturated heterocycles. The molecule has 1 aliphatic rings. The van der Waals surface area contributed by atoms with Gasteiger partial charge < -0.3 is 27.4 Å². The molecule has 0 spiro atoms. The molecule has 3 aromatic rings. The van der Waals surface area contributed by atoms with Gasteiger partial charge in [0.05, 0.1) is 5.69 Å². The summed E-state index contributed by atoms with van der Waals surface area (Å²) in [4.78, 5) is 20.1. The molecule has 0 unspecified atom stereocenters. The number of para-hydroxylation sites is 1. The lowest BCUT2D eigenvalue weighted by Crippen LogP contribution is -2.31. The van der Waals surface area contributed by atoms with E-state index in [1.54, 1.807) is 18.2 Å². The third kappa shape index (κ3) is 4.97. The van der Waals surface area contributed by atoms with E-state index in [2.05, 4.69) is 25.9 Å². The van der Waals surface area contributed by atoms with E-state index in [-0.39, 0.29) is 52.7 Å². The summed E-state index contributed by atoms with van der Waals surface area (Å²) in [6, 6.07) is 9.91. The molecule has 0 bridgehead atoms. The number of hydrogen-bond acceptors (Lipinski definition) is 7. The van der Waals surface area contributed by atoms with Crippen LogP contribution in [0.2, 0.25) is 0 Å². The van der Waals surface area contributed by atoms with Crippen LogP contribution in [0.25, 0.3) is 0 Å². The first-order chi connectivity index (χ1) is 15.8. The summed E-state index contributed by atoms with van der Waals surface area (Å²) >= 11 is 0. The number of amides is 2. The highest BCUT2D eigenvalue weighted by molar-refractivity contribution is 6.12. The van der Waals surface area contributed by atoms with Crippen LogP contribution in [-0.4, -0.2) is 27.8 Å². The van der Waals surface area contributed by atoms with E-state index in [0.29, 0.717) is 5.56 Å². The molecule has 2 amide bonds. The Labute approximate surface area is 188 Å². The first kappa shape index (κ1) is 21.9. The van der Waals surface area contributed by atoms with E-state index >= 15 is 0 Å². The van der Waals surface area contributed by atoms with Crippen LogP contribution in [0.5, 0.6) is 0 Å². The SMILES string of the molecule is N=C(c1nc(N)c(NC(=O)NC2CC2)c(N)n1)c1cccc(F)c1NCc1ccccc1F. The van der Waals surface area contributed by atoms with Crippen LogP contribution in [0.1, 0.15) is 29.8 Å². The maximum atomic E-state index is 14.6. The second-order valence-corrected chi connectivity index (χ2v) is 7.55. The highest BCUT2D eigenvalue weighted by Crippen LogP contribution is 2.27. The van der Waals surface area contributed by atoms with Crippen LogP contribution >= 0.6 is 0 Å². The van der Waals surface area contributed by atoms with Gasteiger partial charge in [0.2, 0.25) is 0 Å². The molecule has 2 aromatic carbocycles. The van der Waals surface area contributed by atoms with E-state index in [9.17, 15) is 13.6 Å². The molecule has 8 N–H and O–H groups in total. The zero-order valence-corrected chi connectivity index (χ0v) is 17.5. The van der Waals surface area contributed by atoms with Gasteiger partial charge in [-0.05, 0) is 25.0 Å². The highest BCUT2D eigenvalue weighted by atomic mass is 19.1. The summed E-state index contributed by atoms with van der Waals surface area (Å²) in [7, 11) is 0. The Bertz CT molecular complexity index is 1210. The average molecular weight is 452 g/mol. The zero-order chi connectivity index (χ0) is 23.5. The third-order valence-electron chi connectivity index (χ3n) is 5.04. The number of halogens is 2. The van der Waals surface area contributed by atoms with E-state index in [1.165, 1.54) is 24.3 Å². The number of nitrogen functional groups attached to an aromatic ring is 2. The van der Waals surface area contributed by atoms with Gasteiger partial charge >= 0.3 is 6.03 Å². The fraction of sp³-hybridized carbons (Fsp3) is 0.182. The summed E-state index contributed by atoms with van der Waals surface area (Å²) in [6.07, 6.45) is 1.82. The molecular weight excluding hydrogens is 430 g/mol. The second kappa shape index (κ2) is 9.07. The minimum Gasteiger partial charge on any atom is -0.382 e. The van der Waals surface area contributed by atoms with Crippen LogP contribution in [-0.2, 0) is 6.54 Å². The lowest BCUT2D eigenvalue weighted by Gasteiger charge is -2.15. The van der Waals surface area contributed by atoms with E-state index < -0.39 is 17.7 Å². The molecule has 33 heavy (non-hydrogen) atoms. The Morgan fingerprint density at radius 1 is 1.00 bits per heavy atom. The number of carbonyl (C=O) groups is 1. The number of nitrogens with zero attached hydrogens (tertiary/aromatic N) is 2. The fourth-order valence-electron chi connectivity index (χ4n) is 3.16. The van der Waals surface area contributed by atoms with Crippen molar-refractivity contribution in [1.29, 1.82) is 5.41 Å². The summed E-state index contributed by atoms with van der Waals surface area (Å²) in [5.74, 6) is -1.49. The fourth-order valence-corrected chi connectivity index (χ4v) is 3.16. The summed E-state index contributed by atoms with van der Waals surface area (Å²) in [5, 5.41) is 16.6. The lowest BCUT2D eigenvalue weighted by molar-refractivity contribution is 0.251. The van der Waals surface area contributed by atoms with Crippen LogP contribution in [0.15, 0.2) is 42.5 Å². The smallest absolute Gasteiger partial charge is 0.319 e. The van der Waals surface area contributed by atoms with Crippen molar-refractivity contribution in [3.8, 4) is 0 Å². The Hall–Kier alpha value is -4.28. The molecule has 9 nitrogen and oxygen atoms in total. The molecular formula is C22H22F2N8O. The molecule has 1 aliphatic carbocycles. The minimum atomic E-state index is -0.635. The molecule has 4 rings (SSSR count). The van der Waals surface area contributed by atoms with E-state index in [1.807, 2.05) is 0 Å². The van der Waals surface area contributed by atoms with Crippen molar-refractivity contribution in [2.24, 2.45) is 0 Å². The van der Waals surface area contributed by atoms with Gasteiger partial charge in [-0.15, -0.1) is 0 Å². The number of hydrogen-bond donors (Lipinski definition) is 6. The number of nitrogens with two attached hydrogens (primary N) is 2. The van der Waals surface area contributed by atoms with E-state index in [4.69, 9.17) is 16.9 Å². The average Bonchev–Trinajstić information content (AvgIpc) is 3.59. The third-order valence-corrected chi connectivity index (χ3v) is 5.04. The molecule has 11 heteroatoms. The maximum absolute atomic E-state index is 14.6. The van der Waals surface area contributed by atoms with Crippen LogP contribution < -0.4 is 27.4 Å². The number of benzene rings is 2. The van der Waals surface area contributed by atoms with Gasteiger partial charge in [-0.25, -0.2) is 23.5 Å². The van der Waals surface area contributed by atoms with Crippen LogP contribution in [0.4, 0.5) is 36.6 Å². The molecule has 1 aromatic heterocycles. The number of aromatic nitrogens is 2. The Morgan fingerprint density at radius 2 is 1.67 bits per heavy atom. The zero-order valence-electron chi connectivity index (χ0n) is 17.5. The van der Waals surface area contributed by atoms with Crippen LogP contribution in [0.3, 0.4) is 0 Å². The quantitative estimate of drug-likeness (QED) is 0.302. The van der Waals surface area contributed by atoms with Gasteiger partial charge in [-0.3, -0.25) is 5.41 Å². The predicted octanol–water partition coefficient (Wildman–Crippen LogP) is 3.23. The van der Waals surface area contributed by atoms with Crippen LogP contribution in [0, 0.1) is 17.0 Å². The predicted molar refractivity (Wildman–Crippen MR) is 122 cm³/mol. The summed E-state index contributed by atoms with van der Waals surface area (Å²) in [6.45, 7) is -0.00200. The second-order valence-electron chi connectivity index (χ2n) is 7.55. The van der Waals surface area contributed by atoms with Crippen molar-refractivity contribution in [2.45, 2.75) is 25.4 Å². The summed E-state index contributed by atoms with van der Waals surface area (Å²) in [5.41, 5.74) is 12.1. The van der Waals surface area contributed by atoms with Crippen molar-refractivity contribution in [3.05, 3.63) is 71.1 Å². The standard InChI is InChI=1S/C22H22F2N8O/c23-14-6-2-1-4-11(14)10-28-17-13(5-3-7-15(17)24)16(25)21-31-19(26)18(20(27)32-21)30-22(33)29-12-8-9-12/h1-7,12,25,28H,8-10H2,(H2,29,30,33)(H4,26,27,31,32). The number of rotatable bonds is 7. The Kier molecular flexibility index (Phi) is 6.03. The van der Waals surface area contributed by atoms with Gasteiger partial charge in [0.25, 0.3) is 0 Å². The lowest BCUT2D eigenvalue weighted by atomic mass is 10.1.